The minimum absolute atomic E-state index is 0.0728. The van der Waals surface area contributed by atoms with Gasteiger partial charge < -0.3 is 10.4 Å². The third kappa shape index (κ3) is 2.79. The third-order valence-corrected chi connectivity index (χ3v) is 2.51. The maximum absolute atomic E-state index is 9.16. The molecular weight excluding hydrogens is 194 g/mol. The summed E-state index contributed by atoms with van der Waals surface area (Å²) in [5, 5.41) is 12.1. The van der Waals surface area contributed by atoms with Crippen LogP contribution in [-0.4, -0.2) is 17.1 Å². The molecular formula is C11H15NOS. The first-order chi connectivity index (χ1) is 6.67. The number of aliphatic hydroxyl groups excluding tert-OH is 1. The van der Waals surface area contributed by atoms with Crippen molar-refractivity contribution < 1.29 is 5.11 Å². The molecule has 2 N–H and O–H groups in total. The molecule has 0 atom stereocenters. The predicted octanol–water partition coefficient (Wildman–Crippen LogP) is 1.58. The smallest absolute Gasteiger partial charge is 0.0795 e. The first kappa shape index (κ1) is 11.1. The molecule has 2 nitrogen and oxygen atoms in total. The summed E-state index contributed by atoms with van der Waals surface area (Å²) in [6.07, 6.45) is 0.696. The molecule has 76 valence electrons. The molecule has 14 heavy (non-hydrogen) atoms. The van der Waals surface area contributed by atoms with Crippen molar-refractivity contribution >= 4 is 17.2 Å². The monoisotopic (exact) mass is 209 g/mol. The number of benzene rings is 1. The van der Waals surface area contributed by atoms with Crippen LogP contribution in [0.5, 0.6) is 0 Å². The van der Waals surface area contributed by atoms with Crippen molar-refractivity contribution in [3.05, 3.63) is 34.9 Å². The van der Waals surface area contributed by atoms with E-state index in [1.54, 1.807) is 0 Å². The van der Waals surface area contributed by atoms with Gasteiger partial charge in [0.1, 0.15) is 0 Å². The Kier molecular flexibility index (Phi) is 4.04. The largest absolute Gasteiger partial charge is 0.392 e. The number of aryl methyl sites for hydroxylation is 1. The average Bonchev–Trinajstić information content (AvgIpc) is 2.20. The molecule has 0 bridgehead atoms. The van der Waals surface area contributed by atoms with Crippen molar-refractivity contribution in [3.63, 3.8) is 0 Å². The SMILES string of the molecule is CNC(=S)Cc1ccc(C)cc1CO. The molecule has 0 heterocycles. The molecule has 0 saturated carbocycles. The van der Waals surface area contributed by atoms with Gasteiger partial charge in [0, 0.05) is 13.5 Å². The number of aliphatic hydroxyl groups is 1. The molecule has 0 amide bonds. The lowest BCUT2D eigenvalue weighted by Crippen LogP contribution is -2.18. The van der Waals surface area contributed by atoms with Gasteiger partial charge in [0.2, 0.25) is 0 Å². The number of hydrogen-bond acceptors (Lipinski definition) is 2. The van der Waals surface area contributed by atoms with Crippen LogP contribution in [0.25, 0.3) is 0 Å². The van der Waals surface area contributed by atoms with Crippen molar-refractivity contribution in [2.45, 2.75) is 20.0 Å². The molecule has 0 spiro atoms. The molecule has 1 rings (SSSR count). The maximum atomic E-state index is 9.16. The summed E-state index contributed by atoms with van der Waals surface area (Å²) < 4.78 is 0. The molecule has 0 unspecified atom stereocenters. The van der Waals surface area contributed by atoms with Gasteiger partial charge in [-0.05, 0) is 18.1 Å². The second-order valence-corrected chi connectivity index (χ2v) is 3.77. The molecule has 0 aromatic heterocycles. The number of thiocarbonyl (C=S) groups is 1. The Morgan fingerprint density at radius 1 is 1.43 bits per heavy atom. The summed E-state index contributed by atoms with van der Waals surface area (Å²) in [7, 11) is 1.81. The summed E-state index contributed by atoms with van der Waals surface area (Å²) >= 11 is 5.08. The Hall–Kier alpha value is -0.930. The second kappa shape index (κ2) is 5.08. The van der Waals surface area contributed by atoms with Gasteiger partial charge in [-0.15, -0.1) is 0 Å². The highest BCUT2D eigenvalue weighted by Crippen LogP contribution is 2.12. The molecule has 0 radical (unpaired) electrons. The molecule has 0 aliphatic rings. The normalized spacial score (nSPS) is 9.93. The van der Waals surface area contributed by atoms with Crippen LogP contribution < -0.4 is 5.32 Å². The van der Waals surface area contributed by atoms with Crippen LogP contribution in [0.2, 0.25) is 0 Å². The van der Waals surface area contributed by atoms with Gasteiger partial charge in [0.05, 0.1) is 11.6 Å². The Labute approximate surface area is 90.0 Å². The van der Waals surface area contributed by atoms with Gasteiger partial charge in [-0.2, -0.15) is 0 Å². The third-order valence-electron chi connectivity index (χ3n) is 2.16. The molecule has 3 heteroatoms. The van der Waals surface area contributed by atoms with Gasteiger partial charge in [0.15, 0.2) is 0 Å². The van der Waals surface area contributed by atoms with E-state index in [0.717, 1.165) is 21.7 Å². The Balaban J connectivity index is 2.90. The number of hydrogen-bond donors (Lipinski definition) is 2. The zero-order valence-corrected chi connectivity index (χ0v) is 9.32. The van der Waals surface area contributed by atoms with E-state index < -0.39 is 0 Å². The molecule has 0 aliphatic heterocycles. The van der Waals surface area contributed by atoms with E-state index in [4.69, 9.17) is 17.3 Å². The quantitative estimate of drug-likeness (QED) is 0.741. The number of rotatable bonds is 3. The standard InChI is InChI=1S/C11H15NOS/c1-8-3-4-9(6-11(14)12-2)10(5-8)7-13/h3-5,13H,6-7H2,1-2H3,(H,12,14). The Bertz CT molecular complexity index is 336. The predicted molar refractivity (Wildman–Crippen MR) is 62.5 cm³/mol. The summed E-state index contributed by atoms with van der Waals surface area (Å²) in [6, 6.07) is 6.05. The first-order valence-corrected chi connectivity index (χ1v) is 4.98. The topological polar surface area (TPSA) is 32.3 Å². The number of nitrogens with one attached hydrogen (secondary N) is 1. The van der Waals surface area contributed by atoms with Crippen LogP contribution in [0.3, 0.4) is 0 Å². The number of likely N-dealkylation sites (N-methyl/N-ethyl adjacent to an activating group) is 1. The van der Waals surface area contributed by atoms with Crippen LogP contribution in [0.1, 0.15) is 16.7 Å². The van der Waals surface area contributed by atoms with Crippen LogP contribution in [0.15, 0.2) is 18.2 Å². The lowest BCUT2D eigenvalue weighted by atomic mass is 10.0. The fraction of sp³-hybridized carbons (Fsp3) is 0.364. The van der Waals surface area contributed by atoms with Gasteiger partial charge >= 0.3 is 0 Å². The Morgan fingerprint density at radius 2 is 2.14 bits per heavy atom. The second-order valence-electron chi connectivity index (χ2n) is 3.28. The van der Waals surface area contributed by atoms with Gasteiger partial charge in [-0.25, -0.2) is 0 Å². The highest BCUT2D eigenvalue weighted by Gasteiger charge is 2.03. The van der Waals surface area contributed by atoms with E-state index in [2.05, 4.69) is 5.32 Å². The summed E-state index contributed by atoms with van der Waals surface area (Å²) in [5.41, 5.74) is 3.22. The lowest BCUT2D eigenvalue weighted by Gasteiger charge is -2.09. The van der Waals surface area contributed by atoms with E-state index in [9.17, 15) is 0 Å². The zero-order chi connectivity index (χ0) is 10.6. The minimum atomic E-state index is 0.0728. The van der Waals surface area contributed by atoms with Crippen molar-refractivity contribution in [1.82, 2.24) is 5.32 Å². The molecule has 0 saturated heterocycles. The molecule has 1 aromatic carbocycles. The fourth-order valence-electron chi connectivity index (χ4n) is 1.34. The molecule has 0 fully saturated rings. The van der Waals surface area contributed by atoms with Crippen LogP contribution in [0, 0.1) is 6.92 Å². The van der Waals surface area contributed by atoms with Gasteiger partial charge in [0.25, 0.3) is 0 Å². The maximum Gasteiger partial charge on any atom is 0.0795 e. The highest BCUT2D eigenvalue weighted by atomic mass is 32.1. The van der Waals surface area contributed by atoms with Crippen LogP contribution in [0.4, 0.5) is 0 Å². The summed E-state index contributed by atoms with van der Waals surface area (Å²) in [4.78, 5) is 0.795. The van der Waals surface area contributed by atoms with Crippen LogP contribution >= 0.6 is 12.2 Å². The van der Waals surface area contributed by atoms with Crippen molar-refractivity contribution in [3.8, 4) is 0 Å². The average molecular weight is 209 g/mol. The van der Waals surface area contributed by atoms with E-state index in [-0.39, 0.29) is 6.61 Å². The van der Waals surface area contributed by atoms with E-state index >= 15 is 0 Å². The van der Waals surface area contributed by atoms with E-state index in [1.807, 2.05) is 32.2 Å². The van der Waals surface area contributed by atoms with E-state index in [1.165, 1.54) is 0 Å². The van der Waals surface area contributed by atoms with Crippen molar-refractivity contribution in [1.29, 1.82) is 0 Å². The van der Waals surface area contributed by atoms with E-state index in [0.29, 0.717) is 6.42 Å². The first-order valence-electron chi connectivity index (χ1n) is 4.57. The highest BCUT2D eigenvalue weighted by molar-refractivity contribution is 7.80. The van der Waals surface area contributed by atoms with Crippen LogP contribution in [-0.2, 0) is 13.0 Å². The summed E-state index contributed by atoms with van der Waals surface area (Å²) in [6.45, 7) is 2.09. The zero-order valence-electron chi connectivity index (χ0n) is 8.50. The fourth-order valence-corrected chi connectivity index (χ4v) is 1.49. The summed E-state index contributed by atoms with van der Waals surface area (Å²) in [5.74, 6) is 0. The molecule has 1 aromatic rings. The lowest BCUT2D eigenvalue weighted by molar-refractivity contribution is 0.281. The van der Waals surface area contributed by atoms with Crippen molar-refractivity contribution in [2.24, 2.45) is 0 Å². The minimum Gasteiger partial charge on any atom is -0.392 e. The van der Waals surface area contributed by atoms with Gasteiger partial charge in [-0.1, -0.05) is 36.0 Å². The van der Waals surface area contributed by atoms with Gasteiger partial charge in [-0.3, -0.25) is 0 Å². The Morgan fingerprint density at radius 3 is 2.71 bits per heavy atom. The van der Waals surface area contributed by atoms with Crippen molar-refractivity contribution in [2.75, 3.05) is 7.05 Å². The molecule has 0 aliphatic carbocycles.